The zero-order valence-corrected chi connectivity index (χ0v) is 13.8. The Labute approximate surface area is 145 Å². The Morgan fingerprint density at radius 1 is 0.880 bits per heavy atom. The van der Waals surface area contributed by atoms with Crippen molar-refractivity contribution in [3.63, 3.8) is 0 Å². The lowest BCUT2D eigenvalue weighted by atomic mass is 10.1. The minimum Gasteiger partial charge on any atom is -0.333 e. The van der Waals surface area contributed by atoms with Crippen LogP contribution in [0.1, 0.15) is 21.6 Å². The molecule has 3 rings (SSSR count). The quantitative estimate of drug-likeness (QED) is 0.754. The molecule has 25 heavy (non-hydrogen) atoms. The van der Waals surface area contributed by atoms with Gasteiger partial charge in [0.15, 0.2) is 0 Å². The van der Waals surface area contributed by atoms with Crippen molar-refractivity contribution in [1.29, 1.82) is 0 Å². The second-order valence-corrected chi connectivity index (χ2v) is 5.75. The van der Waals surface area contributed by atoms with Gasteiger partial charge in [0.2, 0.25) is 0 Å². The first-order valence-corrected chi connectivity index (χ1v) is 8.15. The molecule has 1 heterocycles. The summed E-state index contributed by atoms with van der Waals surface area (Å²) in [6, 6.07) is 22.6. The molecule has 3 aromatic rings. The van der Waals surface area contributed by atoms with Gasteiger partial charge in [-0.15, -0.1) is 0 Å². The van der Waals surface area contributed by atoms with Crippen molar-refractivity contribution in [3.05, 3.63) is 100.0 Å². The minimum absolute atomic E-state index is 0.198. The Balaban J connectivity index is 1.78. The van der Waals surface area contributed by atoms with E-state index in [-0.39, 0.29) is 17.2 Å². The first-order chi connectivity index (χ1) is 12.2. The molecular formula is C20H19N3O2. The number of aromatic nitrogens is 2. The standard InChI is InChI=1S/C20H19N3O2/c24-19-12-11-18(21-22-19)20(25)23(15-17-9-5-2-6-10-17)14-13-16-7-3-1-4-8-16/h1-12H,13-15H2,(H,22,24). The molecule has 0 aliphatic carbocycles. The minimum atomic E-state index is -0.324. The van der Waals surface area contributed by atoms with E-state index in [2.05, 4.69) is 10.2 Å². The van der Waals surface area contributed by atoms with Gasteiger partial charge in [0, 0.05) is 19.2 Å². The molecule has 0 bridgehead atoms. The van der Waals surface area contributed by atoms with Crippen LogP contribution < -0.4 is 5.56 Å². The predicted octanol–water partition coefficient (Wildman–Crippen LogP) is 2.66. The van der Waals surface area contributed by atoms with Crippen LogP contribution in [0.3, 0.4) is 0 Å². The van der Waals surface area contributed by atoms with Gasteiger partial charge >= 0.3 is 0 Å². The molecule has 0 atom stereocenters. The number of rotatable bonds is 6. The van der Waals surface area contributed by atoms with Gasteiger partial charge in [0.05, 0.1) is 0 Å². The Hall–Kier alpha value is -3.21. The van der Waals surface area contributed by atoms with Gasteiger partial charge in [-0.2, -0.15) is 5.10 Å². The Morgan fingerprint density at radius 3 is 2.12 bits per heavy atom. The Kier molecular flexibility index (Phi) is 5.36. The third-order valence-electron chi connectivity index (χ3n) is 3.91. The monoisotopic (exact) mass is 333 g/mol. The van der Waals surface area contributed by atoms with E-state index < -0.39 is 0 Å². The predicted molar refractivity (Wildman–Crippen MR) is 96.2 cm³/mol. The summed E-state index contributed by atoms with van der Waals surface area (Å²) in [4.78, 5) is 25.7. The van der Waals surface area contributed by atoms with Crippen LogP contribution in [-0.4, -0.2) is 27.5 Å². The Bertz CT molecular complexity index is 856. The number of carbonyl (C=O) groups excluding carboxylic acids is 1. The molecule has 126 valence electrons. The van der Waals surface area contributed by atoms with Crippen LogP contribution in [0.15, 0.2) is 77.6 Å². The summed E-state index contributed by atoms with van der Waals surface area (Å²) in [5.41, 5.74) is 2.13. The third-order valence-corrected chi connectivity index (χ3v) is 3.91. The van der Waals surface area contributed by atoms with Gasteiger partial charge in [-0.3, -0.25) is 9.59 Å². The number of benzene rings is 2. The van der Waals surface area contributed by atoms with Crippen molar-refractivity contribution in [2.24, 2.45) is 0 Å². The molecule has 0 aliphatic rings. The summed E-state index contributed by atoms with van der Waals surface area (Å²) in [5.74, 6) is -0.198. The maximum atomic E-state index is 12.8. The van der Waals surface area contributed by atoms with Crippen molar-refractivity contribution >= 4 is 5.91 Å². The van der Waals surface area contributed by atoms with Crippen LogP contribution in [0, 0.1) is 0 Å². The zero-order valence-electron chi connectivity index (χ0n) is 13.8. The zero-order chi connectivity index (χ0) is 17.5. The Morgan fingerprint density at radius 2 is 1.52 bits per heavy atom. The first-order valence-electron chi connectivity index (χ1n) is 8.15. The van der Waals surface area contributed by atoms with E-state index in [0.29, 0.717) is 13.1 Å². The summed E-state index contributed by atoms with van der Waals surface area (Å²) >= 11 is 0. The van der Waals surface area contributed by atoms with E-state index >= 15 is 0 Å². The van der Waals surface area contributed by atoms with Crippen molar-refractivity contribution in [3.8, 4) is 0 Å². The molecule has 5 nitrogen and oxygen atoms in total. The number of nitrogens with zero attached hydrogens (tertiary/aromatic N) is 2. The number of hydrogen-bond acceptors (Lipinski definition) is 3. The molecule has 0 unspecified atom stereocenters. The van der Waals surface area contributed by atoms with E-state index in [4.69, 9.17) is 0 Å². The van der Waals surface area contributed by atoms with Crippen LogP contribution in [0.25, 0.3) is 0 Å². The van der Waals surface area contributed by atoms with Gasteiger partial charge < -0.3 is 4.90 Å². The van der Waals surface area contributed by atoms with Crippen LogP contribution in [0.4, 0.5) is 0 Å². The van der Waals surface area contributed by atoms with Crippen molar-refractivity contribution in [1.82, 2.24) is 15.1 Å². The fourth-order valence-corrected chi connectivity index (χ4v) is 2.59. The average molecular weight is 333 g/mol. The average Bonchev–Trinajstić information content (AvgIpc) is 2.67. The van der Waals surface area contributed by atoms with E-state index in [0.717, 1.165) is 12.0 Å². The number of H-pyrrole nitrogens is 1. The lowest BCUT2D eigenvalue weighted by Crippen LogP contribution is -2.33. The number of nitrogens with one attached hydrogen (secondary N) is 1. The fourth-order valence-electron chi connectivity index (χ4n) is 2.59. The van der Waals surface area contributed by atoms with Crippen LogP contribution >= 0.6 is 0 Å². The molecule has 1 amide bonds. The van der Waals surface area contributed by atoms with Crippen LogP contribution in [-0.2, 0) is 13.0 Å². The second-order valence-electron chi connectivity index (χ2n) is 5.75. The van der Waals surface area contributed by atoms with Crippen molar-refractivity contribution in [2.75, 3.05) is 6.54 Å². The molecule has 0 radical (unpaired) electrons. The van der Waals surface area contributed by atoms with Crippen molar-refractivity contribution < 1.29 is 4.79 Å². The molecule has 0 spiro atoms. The highest BCUT2D eigenvalue weighted by Gasteiger charge is 2.17. The lowest BCUT2D eigenvalue weighted by Gasteiger charge is -2.22. The normalized spacial score (nSPS) is 10.4. The topological polar surface area (TPSA) is 66.1 Å². The highest BCUT2D eigenvalue weighted by atomic mass is 16.2. The summed E-state index contributed by atoms with van der Waals surface area (Å²) in [7, 11) is 0. The molecule has 5 heteroatoms. The maximum absolute atomic E-state index is 12.8. The van der Waals surface area contributed by atoms with E-state index in [1.54, 1.807) is 4.90 Å². The fraction of sp³-hybridized carbons (Fsp3) is 0.150. The smallest absolute Gasteiger partial charge is 0.274 e. The summed E-state index contributed by atoms with van der Waals surface area (Å²) < 4.78 is 0. The first kappa shape index (κ1) is 16.6. The highest BCUT2D eigenvalue weighted by Crippen LogP contribution is 2.10. The van der Waals surface area contributed by atoms with Gasteiger partial charge in [0.25, 0.3) is 11.5 Å². The molecule has 2 aromatic carbocycles. The van der Waals surface area contributed by atoms with Gasteiger partial charge in [-0.05, 0) is 23.6 Å². The van der Waals surface area contributed by atoms with E-state index in [1.165, 1.54) is 17.7 Å². The molecular weight excluding hydrogens is 314 g/mol. The SMILES string of the molecule is O=C(c1ccc(=O)[nH]n1)N(CCc1ccccc1)Cc1ccccc1. The number of aromatic amines is 1. The van der Waals surface area contributed by atoms with Crippen LogP contribution in [0.5, 0.6) is 0 Å². The molecule has 0 saturated carbocycles. The number of hydrogen-bond donors (Lipinski definition) is 1. The second kappa shape index (κ2) is 8.06. The summed E-state index contributed by atoms with van der Waals surface area (Å²) in [5, 5.41) is 6.19. The maximum Gasteiger partial charge on any atom is 0.274 e. The van der Waals surface area contributed by atoms with E-state index in [9.17, 15) is 9.59 Å². The van der Waals surface area contributed by atoms with Gasteiger partial charge in [-0.1, -0.05) is 60.7 Å². The van der Waals surface area contributed by atoms with Gasteiger partial charge in [0.1, 0.15) is 5.69 Å². The number of carbonyl (C=O) groups is 1. The summed E-state index contributed by atoms with van der Waals surface area (Å²) in [6.07, 6.45) is 0.753. The lowest BCUT2D eigenvalue weighted by molar-refractivity contribution is 0.0738. The van der Waals surface area contributed by atoms with Crippen molar-refractivity contribution in [2.45, 2.75) is 13.0 Å². The largest absolute Gasteiger partial charge is 0.333 e. The molecule has 0 aliphatic heterocycles. The highest BCUT2D eigenvalue weighted by molar-refractivity contribution is 5.92. The molecule has 1 aromatic heterocycles. The van der Waals surface area contributed by atoms with Gasteiger partial charge in [-0.25, -0.2) is 5.10 Å². The number of amides is 1. The summed E-state index contributed by atoms with van der Waals surface area (Å²) in [6.45, 7) is 1.06. The molecule has 0 fully saturated rings. The molecule has 0 saturated heterocycles. The molecule has 1 N–H and O–H groups in total. The third kappa shape index (κ3) is 4.64. The van der Waals surface area contributed by atoms with E-state index in [1.807, 2.05) is 60.7 Å². The van der Waals surface area contributed by atoms with Crippen LogP contribution in [0.2, 0.25) is 0 Å².